The Morgan fingerprint density at radius 3 is 1.55 bits per heavy atom. The Morgan fingerprint density at radius 2 is 1.14 bits per heavy atom. The predicted molar refractivity (Wildman–Crippen MR) is 84.6 cm³/mol. The van der Waals surface area contributed by atoms with Crippen LogP contribution in [0.25, 0.3) is 11.1 Å². The fourth-order valence-corrected chi connectivity index (χ4v) is 2.51. The number of rotatable bonds is 3. The van der Waals surface area contributed by atoms with Crippen LogP contribution >= 0.6 is 23.2 Å². The van der Waals surface area contributed by atoms with Gasteiger partial charge >= 0.3 is 11.9 Å². The largest absolute Gasteiger partial charge is 0.465 e. The van der Waals surface area contributed by atoms with Crippen LogP contribution < -0.4 is 0 Å². The Hall–Kier alpha value is -2.04. The lowest BCUT2D eigenvalue weighted by Crippen LogP contribution is -2.07. The molecule has 0 heterocycles. The number of hydrogen-bond acceptors (Lipinski definition) is 4. The number of benzene rings is 2. The first kappa shape index (κ1) is 16.3. The van der Waals surface area contributed by atoms with Gasteiger partial charge in [0, 0.05) is 10.0 Å². The number of halogens is 2. The highest BCUT2D eigenvalue weighted by molar-refractivity contribution is 6.35. The molecule has 0 N–H and O–H groups in total. The van der Waals surface area contributed by atoms with Gasteiger partial charge in [0.2, 0.25) is 0 Å². The highest BCUT2D eigenvalue weighted by atomic mass is 35.5. The van der Waals surface area contributed by atoms with E-state index in [9.17, 15) is 9.59 Å². The second-order valence-electron chi connectivity index (χ2n) is 4.44. The van der Waals surface area contributed by atoms with Gasteiger partial charge in [-0.05, 0) is 47.5 Å². The van der Waals surface area contributed by atoms with E-state index in [2.05, 4.69) is 0 Å². The third kappa shape index (κ3) is 3.59. The van der Waals surface area contributed by atoms with Crippen LogP contribution in [0.5, 0.6) is 0 Å². The summed E-state index contributed by atoms with van der Waals surface area (Å²) in [5.41, 5.74) is 1.74. The van der Waals surface area contributed by atoms with Crippen LogP contribution in [0.1, 0.15) is 20.7 Å². The third-order valence-corrected chi connectivity index (χ3v) is 3.41. The number of carbonyl (C=O) groups is 2. The zero-order chi connectivity index (χ0) is 16.3. The van der Waals surface area contributed by atoms with E-state index in [0.29, 0.717) is 21.2 Å². The summed E-state index contributed by atoms with van der Waals surface area (Å²) in [5, 5.41) is 0.899. The van der Waals surface area contributed by atoms with Crippen molar-refractivity contribution in [2.75, 3.05) is 14.2 Å². The van der Waals surface area contributed by atoms with Gasteiger partial charge < -0.3 is 9.47 Å². The Labute approximate surface area is 137 Å². The van der Waals surface area contributed by atoms with E-state index >= 15 is 0 Å². The molecule has 0 saturated heterocycles. The summed E-state index contributed by atoms with van der Waals surface area (Å²) in [5.74, 6) is -1.11. The molecule has 2 rings (SSSR count). The van der Waals surface area contributed by atoms with E-state index in [1.54, 1.807) is 30.3 Å². The zero-order valence-electron chi connectivity index (χ0n) is 11.9. The summed E-state index contributed by atoms with van der Waals surface area (Å²) in [6.07, 6.45) is 0. The van der Waals surface area contributed by atoms with Gasteiger partial charge in [0.15, 0.2) is 0 Å². The van der Waals surface area contributed by atoms with Crippen LogP contribution in [0.3, 0.4) is 0 Å². The van der Waals surface area contributed by atoms with E-state index in [-0.39, 0.29) is 11.1 Å². The molecule has 0 aromatic heterocycles. The lowest BCUT2D eigenvalue weighted by atomic mass is 9.99. The lowest BCUT2D eigenvalue weighted by molar-refractivity contribution is 0.0599. The SMILES string of the molecule is COC(=O)c1cc(C(=O)OC)cc(-c2cc(Cl)cc(Cl)c2)c1. The van der Waals surface area contributed by atoms with Crippen molar-refractivity contribution in [1.29, 1.82) is 0 Å². The molecule has 0 saturated carbocycles. The number of methoxy groups -OCH3 is 2. The molecule has 0 unspecified atom stereocenters. The van der Waals surface area contributed by atoms with Gasteiger partial charge in [-0.3, -0.25) is 0 Å². The fraction of sp³-hybridized carbons (Fsp3) is 0.125. The van der Waals surface area contributed by atoms with Crippen molar-refractivity contribution in [2.45, 2.75) is 0 Å². The summed E-state index contributed by atoms with van der Waals surface area (Å²) >= 11 is 12.0. The normalized spacial score (nSPS) is 10.2. The van der Waals surface area contributed by atoms with Crippen molar-refractivity contribution in [2.24, 2.45) is 0 Å². The minimum Gasteiger partial charge on any atom is -0.465 e. The van der Waals surface area contributed by atoms with Gasteiger partial charge in [0.25, 0.3) is 0 Å². The quantitative estimate of drug-likeness (QED) is 0.785. The second-order valence-corrected chi connectivity index (χ2v) is 5.31. The molecular weight excluding hydrogens is 327 g/mol. The van der Waals surface area contributed by atoms with Gasteiger partial charge in [-0.15, -0.1) is 0 Å². The molecule has 2 aromatic carbocycles. The molecule has 0 bridgehead atoms. The standard InChI is InChI=1S/C16H12Cl2O4/c1-21-15(19)11-3-9(4-12(5-11)16(20)22-2)10-6-13(17)8-14(18)7-10/h3-8H,1-2H3. The van der Waals surface area contributed by atoms with Crippen molar-refractivity contribution in [3.8, 4) is 11.1 Å². The van der Waals surface area contributed by atoms with E-state index in [1.807, 2.05) is 0 Å². The number of ether oxygens (including phenoxy) is 2. The molecule has 114 valence electrons. The smallest absolute Gasteiger partial charge is 0.337 e. The van der Waals surface area contributed by atoms with Crippen LogP contribution in [0.2, 0.25) is 10.0 Å². The fourth-order valence-electron chi connectivity index (χ4n) is 1.99. The van der Waals surface area contributed by atoms with Crippen molar-refractivity contribution < 1.29 is 19.1 Å². The van der Waals surface area contributed by atoms with Crippen molar-refractivity contribution in [3.63, 3.8) is 0 Å². The second kappa shape index (κ2) is 6.81. The van der Waals surface area contributed by atoms with Gasteiger partial charge in [0.1, 0.15) is 0 Å². The number of carbonyl (C=O) groups excluding carboxylic acids is 2. The Bertz CT molecular complexity index is 686. The molecule has 2 aromatic rings. The first-order valence-corrected chi connectivity index (χ1v) is 6.98. The van der Waals surface area contributed by atoms with Crippen molar-refractivity contribution in [1.82, 2.24) is 0 Å². The molecule has 0 amide bonds. The number of hydrogen-bond donors (Lipinski definition) is 0. The van der Waals surface area contributed by atoms with Gasteiger partial charge in [-0.25, -0.2) is 9.59 Å². The van der Waals surface area contributed by atoms with Crippen LogP contribution in [-0.2, 0) is 9.47 Å². The lowest BCUT2D eigenvalue weighted by Gasteiger charge is -2.09. The van der Waals surface area contributed by atoms with Crippen LogP contribution in [0.4, 0.5) is 0 Å². The van der Waals surface area contributed by atoms with Crippen molar-refractivity contribution in [3.05, 3.63) is 57.6 Å². The number of esters is 2. The summed E-state index contributed by atoms with van der Waals surface area (Å²) in [6.45, 7) is 0. The van der Waals surface area contributed by atoms with Gasteiger partial charge in [0.05, 0.1) is 25.3 Å². The van der Waals surface area contributed by atoms with E-state index in [4.69, 9.17) is 32.7 Å². The average Bonchev–Trinajstić information content (AvgIpc) is 2.51. The van der Waals surface area contributed by atoms with Crippen LogP contribution in [-0.4, -0.2) is 26.2 Å². The zero-order valence-corrected chi connectivity index (χ0v) is 13.4. The highest BCUT2D eigenvalue weighted by Gasteiger charge is 2.15. The van der Waals surface area contributed by atoms with Crippen LogP contribution in [0, 0.1) is 0 Å². The van der Waals surface area contributed by atoms with E-state index < -0.39 is 11.9 Å². The Morgan fingerprint density at radius 1 is 0.727 bits per heavy atom. The molecule has 0 aliphatic rings. The monoisotopic (exact) mass is 338 g/mol. The molecule has 0 radical (unpaired) electrons. The molecule has 0 atom stereocenters. The average molecular weight is 339 g/mol. The molecule has 0 aliphatic carbocycles. The van der Waals surface area contributed by atoms with Crippen LogP contribution in [0.15, 0.2) is 36.4 Å². The topological polar surface area (TPSA) is 52.6 Å². The first-order valence-electron chi connectivity index (χ1n) is 6.23. The third-order valence-electron chi connectivity index (χ3n) is 2.97. The highest BCUT2D eigenvalue weighted by Crippen LogP contribution is 2.29. The van der Waals surface area contributed by atoms with Gasteiger partial charge in [-0.1, -0.05) is 23.2 Å². The molecule has 0 spiro atoms. The molecule has 6 heteroatoms. The molecule has 4 nitrogen and oxygen atoms in total. The summed E-state index contributed by atoms with van der Waals surface area (Å²) < 4.78 is 9.40. The maximum absolute atomic E-state index is 11.8. The molecular formula is C16H12Cl2O4. The molecule has 0 fully saturated rings. The molecule has 0 aliphatic heterocycles. The van der Waals surface area contributed by atoms with E-state index in [0.717, 1.165) is 0 Å². The minimum atomic E-state index is -0.555. The first-order chi connectivity index (χ1) is 10.4. The Kier molecular flexibility index (Phi) is 5.06. The summed E-state index contributed by atoms with van der Waals surface area (Å²) in [6, 6.07) is 9.57. The van der Waals surface area contributed by atoms with Crippen molar-refractivity contribution >= 4 is 35.1 Å². The maximum atomic E-state index is 11.8. The Balaban J connectivity index is 2.63. The maximum Gasteiger partial charge on any atom is 0.337 e. The van der Waals surface area contributed by atoms with Gasteiger partial charge in [-0.2, -0.15) is 0 Å². The summed E-state index contributed by atoms with van der Waals surface area (Å²) in [7, 11) is 2.53. The summed E-state index contributed by atoms with van der Waals surface area (Å²) in [4.78, 5) is 23.5. The predicted octanol–water partition coefficient (Wildman–Crippen LogP) is 4.23. The van der Waals surface area contributed by atoms with E-state index in [1.165, 1.54) is 20.3 Å². The molecule has 22 heavy (non-hydrogen) atoms. The minimum absolute atomic E-state index is 0.233.